The SMILES string of the molecule is CC(=[OH+])/C=C(/C)O.CC1(C)CCCN=C1c1[c-]cc2c(c1)CCC=C2.[Ir]. The van der Waals surface area contributed by atoms with Crippen LogP contribution in [0.15, 0.2) is 35.0 Å². The minimum absolute atomic E-state index is 0. The smallest absolute Gasteiger partial charge is 0.316 e. The number of aliphatic hydroxyl groups excluding tert-OH is 1. The largest absolute Gasteiger partial charge is 0.512 e. The molecule has 0 amide bonds. The number of aliphatic hydroxyl groups is 1. The van der Waals surface area contributed by atoms with Gasteiger partial charge in [0.15, 0.2) is 0 Å². The Kier molecular flexibility index (Phi) is 8.65. The molecule has 1 aromatic carbocycles. The second-order valence-electron chi connectivity index (χ2n) is 7.41. The van der Waals surface area contributed by atoms with E-state index in [4.69, 9.17) is 14.9 Å². The van der Waals surface area contributed by atoms with Gasteiger partial charge >= 0.3 is 5.78 Å². The summed E-state index contributed by atoms with van der Waals surface area (Å²) in [6, 6.07) is 7.88. The van der Waals surface area contributed by atoms with Crippen molar-refractivity contribution in [2.75, 3.05) is 6.54 Å². The van der Waals surface area contributed by atoms with Gasteiger partial charge in [0.1, 0.15) is 0 Å². The maximum atomic E-state index is 8.40. The second kappa shape index (κ2) is 9.99. The molecule has 1 radical (unpaired) electrons. The molecule has 0 bridgehead atoms. The Labute approximate surface area is 170 Å². The molecule has 3 nitrogen and oxygen atoms in total. The van der Waals surface area contributed by atoms with Crippen molar-refractivity contribution < 1.29 is 30.0 Å². The summed E-state index contributed by atoms with van der Waals surface area (Å²) in [6.07, 6.45) is 10.5. The average Bonchev–Trinajstić information content (AvgIpc) is 2.53. The summed E-state index contributed by atoms with van der Waals surface area (Å²) in [5, 5.41) is 8.40. The predicted octanol–water partition coefficient (Wildman–Crippen LogP) is 5.07. The van der Waals surface area contributed by atoms with E-state index in [-0.39, 0.29) is 37.1 Å². The molecular formula is C22H29IrNO2. The summed E-state index contributed by atoms with van der Waals surface area (Å²) >= 11 is 0. The fourth-order valence-corrected chi connectivity index (χ4v) is 3.30. The van der Waals surface area contributed by atoms with Gasteiger partial charge in [0.2, 0.25) is 0 Å². The molecule has 0 saturated carbocycles. The third kappa shape index (κ3) is 6.33. The summed E-state index contributed by atoms with van der Waals surface area (Å²) in [7, 11) is 0. The van der Waals surface area contributed by atoms with Gasteiger partial charge in [-0.1, -0.05) is 19.9 Å². The Morgan fingerprint density at radius 3 is 2.65 bits per heavy atom. The van der Waals surface area contributed by atoms with Crippen molar-refractivity contribution in [3.63, 3.8) is 0 Å². The van der Waals surface area contributed by atoms with E-state index >= 15 is 0 Å². The van der Waals surface area contributed by atoms with E-state index in [0.717, 1.165) is 19.4 Å². The van der Waals surface area contributed by atoms with E-state index in [1.807, 2.05) is 0 Å². The zero-order valence-corrected chi connectivity index (χ0v) is 18.5. The van der Waals surface area contributed by atoms with Crippen LogP contribution in [0.3, 0.4) is 0 Å². The van der Waals surface area contributed by atoms with Crippen LogP contribution in [0.5, 0.6) is 0 Å². The van der Waals surface area contributed by atoms with Gasteiger partial charge in [0.25, 0.3) is 0 Å². The average molecular weight is 532 g/mol. The molecule has 3 rings (SSSR count). The van der Waals surface area contributed by atoms with Crippen LogP contribution in [0.4, 0.5) is 0 Å². The van der Waals surface area contributed by atoms with Gasteiger partial charge in [-0.15, -0.1) is 41.0 Å². The topological polar surface area (TPSA) is 54.0 Å². The molecule has 0 spiro atoms. The molecule has 26 heavy (non-hydrogen) atoms. The first-order valence-corrected chi connectivity index (χ1v) is 8.96. The van der Waals surface area contributed by atoms with Crippen molar-refractivity contribution in [1.82, 2.24) is 0 Å². The van der Waals surface area contributed by atoms with Gasteiger partial charge in [-0.2, -0.15) is 0 Å². The second-order valence-corrected chi connectivity index (χ2v) is 7.41. The van der Waals surface area contributed by atoms with Crippen LogP contribution in [0.25, 0.3) is 6.08 Å². The van der Waals surface area contributed by atoms with Crippen LogP contribution in [0, 0.1) is 11.5 Å². The first-order chi connectivity index (χ1) is 11.8. The zero-order valence-electron chi connectivity index (χ0n) is 16.1. The number of rotatable bonds is 2. The summed E-state index contributed by atoms with van der Waals surface area (Å²) in [4.78, 5) is 13.2. The van der Waals surface area contributed by atoms with Crippen LogP contribution in [0.1, 0.15) is 63.6 Å². The van der Waals surface area contributed by atoms with Gasteiger partial charge in [-0.05, 0) is 43.7 Å². The monoisotopic (exact) mass is 532 g/mol. The van der Waals surface area contributed by atoms with Gasteiger partial charge in [-0.3, -0.25) is 4.79 Å². The predicted molar refractivity (Wildman–Crippen MR) is 106 cm³/mol. The Hall–Kier alpha value is -1.51. The number of aryl methyl sites for hydroxylation is 1. The molecule has 2 N–H and O–H groups in total. The van der Waals surface area contributed by atoms with Crippen molar-refractivity contribution in [2.45, 2.75) is 53.4 Å². The number of fused-ring (bicyclic) bond motifs is 1. The van der Waals surface area contributed by atoms with Gasteiger partial charge in [0, 0.05) is 26.7 Å². The summed E-state index contributed by atoms with van der Waals surface area (Å²) in [5.41, 5.74) is 5.46. The molecule has 1 aliphatic heterocycles. The van der Waals surface area contributed by atoms with Crippen molar-refractivity contribution in [1.29, 1.82) is 0 Å². The standard InChI is InChI=1S/C17H20N.C5H8O2.Ir/c1-17(2)10-5-11-18-16(17)15-9-8-13-6-3-4-7-14(13)12-15;1-4(6)3-5(2)7;/h3,6,8,12H,4-5,7,10-11H2,1-2H3;3,6H,1-2H3;/q-1;;/p+1/b;4-3-;. The minimum atomic E-state index is 0. The Morgan fingerprint density at radius 2 is 2.08 bits per heavy atom. The normalized spacial score (nSPS) is 17.8. The van der Waals surface area contributed by atoms with E-state index in [0.29, 0.717) is 0 Å². The summed E-state index contributed by atoms with van der Waals surface area (Å²) in [5.74, 6) is 0.250. The molecule has 1 aromatic rings. The first kappa shape index (κ1) is 22.5. The number of allylic oxidation sites excluding steroid dienone is 3. The molecule has 1 aliphatic carbocycles. The molecule has 0 aromatic heterocycles. The molecule has 0 atom stereocenters. The number of ketones is 1. The quantitative estimate of drug-likeness (QED) is 0.247. The first-order valence-electron chi connectivity index (χ1n) is 8.96. The number of carbonyl (C=O) groups excluding carboxylic acids is 1. The third-order valence-electron chi connectivity index (χ3n) is 4.49. The molecule has 0 unspecified atom stereocenters. The van der Waals surface area contributed by atoms with Gasteiger partial charge in [-0.25, -0.2) is 0 Å². The van der Waals surface area contributed by atoms with Crippen molar-refractivity contribution in [2.24, 2.45) is 10.4 Å². The summed E-state index contributed by atoms with van der Waals surface area (Å²) in [6.45, 7) is 8.58. The Bertz CT molecular complexity index is 726. The number of hydrogen-bond donors (Lipinski definition) is 1. The number of benzene rings is 1. The van der Waals surface area contributed by atoms with Crippen molar-refractivity contribution in [3.8, 4) is 0 Å². The van der Waals surface area contributed by atoms with E-state index in [1.165, 1.54) is 55.2 Å². The molecule has 143 valence electrons. The minimum Gasteiger partial charge on any atom is -0.512 e. The maximum Gasteiger partial charge on any atom is 0.316 e. The van der Waals surface area contributed by atoms with Crippen molar-refractivity contribution >= 4 is 17.6 Å². The molecule has 0 saturated heterocycles. The van der Waals surface area contributed by atoms with E-state index in [1.54, 1.807) is 0 Å². The van der Waals surface area contributed by atoms with Crippen molar-refractivity contribution in [3.05, 3.63) is 52.8 Å². The van der Waals surface area contributed by atoms with Gasteiger partial charge < -0.3 is 10.1 Å². The van der Waals surface area contributed by atoms with Crippen LogP contribution in [0.2, 0.25) is 0 Å². The third-order valence-corrected chi connectivity index (χ3v) is 4.49. The van der Waals surface area contributed by atoms with Crippen LogP contribution < -0.4 is 0 Å². The van der Waals surface area contributed by atoms with E-state index in [9.17, 15) is 0 Å². The Balaban J connectivity index is 0.000000366. The summed E-state index contributed by atoms with van der Waals surface area (Å²) < 4.78 is 0. The van der Waals surface area contributed by atoms with Crippen LogP contribution in [-0.2, 0) is 26.5 Å². The van der Waals surface area contributed by atoms with E-state index < -0.39 is 0 Å². The Morgan fingerprint density at radius 1 is 1.35 bits per heavy atom. The fraction of sp³-hybridized carbons (Fsp3) is 0.455. The number of aliphatic imine (C=N–C) groups is 1. The molecular weight excluding hydrogens is 502 g/mol. The van der Waals surface area contributed by atoms with Gasteiger partial charge in [0.05, 0.1) is 18.8 Å². The molecule has 1 heterocycles. The van der Waals surface area contributed by atoms with Crippen LogP contribution >= 0.6 is 0 Å². The zero-order chi connectivity index (χ0) is 18.4. The maximum absolute atomic E-state index is 8.40. The number of hydrogen-bond acceptors (Lipinski definition) is 2. The van der Waals surface area contributed by atoms with E-state index in [2.05, 4.69) is 44.2 Å². The fourth-order valence-electron chi connectivity index (χ4n) is 3.30. The molecule has 0 fully saturated rings. The molecule has 2 aliphatic rings. The molecule has 4 heteroatoms. The number of nitrogens with zero attached hydrogens (tertiary/aromatic N) is 1. The van der Waals surface area contributed by atoms with Crippen LogP contribution in [-0.4, -0.2) is 27.9 Å².